The lowest BCUT2D eigenvalue weighted by molar-refractivity contribution is 0.0601. The summed E-state index contributed by atoms with van der Waals surface area (Å²) in [6, 6.07) is 0. The molecule has 8 nitrogen and oxygen atoms in total. The van der Waals surface area contributed by atoms with E-state index in [2.05, 4.69) is 15.4 Å². The third-order valence-electron chi connectivity index (χ3n) is 2.31. The zero-order valence-electron chi connectivity index (χ0n) is 11.2. The molecule has 0 saturated carbocycles. The largest absolute Gasteiger partial charge is 0.389 e. The summed E-state index contributed by atoms with van der Waals surface area (Å²) in [5.41, 5.74) is 1.09. The van der Waals surface area contributed by atoms with Crippen molar-refractivity contribution < 1.29 is 13.5 Å². The number of nitrogens with two attached hydrogens (primary N) is 1. The Morgan fingerprint density at radius 2 is 1.95 bits per heavy atom. The Balaban J connectivity index is 3.06. The summed E-state index contributed by atoms with van der Waals surface area (Å²) in [5.74, 6) is 5.24. The van der Waals surface area contributed by atoms with Crippen molar-refractivity contribution in [1.29, 1.82) is 0 Å². The average Bonchev–Trinajstić information content (AvgIpc) is 2.34. The quantitative estimate of drug-likeness (QED) is 0.478. The molecule has 0 unspecified atom stereocenters. The predicted molar refractivity (Wildman–Crippen MR) is 70.6 cm³/mol. The molecule has 0 saturated heterocycles. The average molecular weight is 289 g/mol. The second-order valence-electron chi connectivity index (χ2n) is 4.63. The number of aromatic nitrogens is 2. The van der Waals surface area contributed by atoms with Crippen LogP contribution in [0.2, 0.25) is 0 Å². The molecule has 1 aromatic rings. The third kappa shape index (κ3) is 4.10. The number of nitrogens with zero attached hydrogens (tertiary/aromatic N) is 3. The van der Waals surface area contributed by atoms with Crippen LogP contribution in [0, 0.1) is 0 Å². The maximum absolute atomic E-state index is 12.3. The lowest BCUT2D eigenvalue weighted by Gasteiger charge is -2.27. The van der Waals surface area contributed by atoms with Crippen LogP contribution in [-0.4, -0.2) is 46.5 Å². The minimum absolute atomic E-state index is 0.0112. The first-order chi connectivity index (χ1) is 8.70. The molecule has 0 amide bonds. The van der Waals surface area contributed by atoms with Crippen molar-refractivity contribution in [3.63, 3.8) is 0 Å². The standard InChI is InChI=1S/C10H19N5O3S/c1-4-15(7-10(2,3)16)19(17,18)8-5-12-9(14-11)13-6-8/h5-6,16H,4,7,11H2,1-3H3,(H,12,13,14). The molecule has 1 aromatic heterocycles. The van der Waals surface area contributed by atoms with Crippen LogP contribution in [0.5, 0.6) is 0 Å². The van der Waals surface area contributed by atoms with Gasteiger partial charge in [-0.2, -0.15) is 4.31 Å². The van der Waals surface area contributed by atoms with E-state index in [9.17, 15) is 13.5 Å². The maximum atomic E-state index is 12.3. The van der Waals surface area contributed by atoms with Crippen LogP contribution in [0.1, 0.15) is 20.8 Å². The molecule has 19 heavy (non-hydrogen) atoms. The van der Waals surface area contributed by atoms with Gasteiger partial charge in [0.2, 0.25) is 16.0 Å². The Morgan fingerprint density at radius 3 is 2.32 bits per heavy atom. The highest BCUT2D eigenvalue weighted by Crippen LogP contribution is 2.17. The minimum Gasteiger partial charge on any atom is -0.389 e. The molecule has 0 fully saturated rings. The van der Waals surface area contributed by atoms with Gasteiger partial charge in [-0.1, -0.05) is 6.92 Å². The fourth-order valence-corrected chi connectivity index (χ4v) is 2.97. The first kappa shape index (κ1) is 15.8. The maximum Gasteiger partial charge on any atom is 0.246 e. The van der Waals surface area contributed by atoms with Gasteiger partial charge in [-0.15, -0.1) is 0 Å². The molecule has 1 rings (SSSR count). The minimum atomic E-state index is -3.73. The van der Waals surface area contributed by atoms with E-state index >= 15 is 0 Å². The lowest BCUT2D eigenvalue weighted by Crippen LogP contribution is -2.42. The Morgan fingerprint density at radius 1 is 1.42 bits per heavy atom. The van der Waals surface area contributed by atoms with Crippen molar-refractivity contribution in [1.82, 2.24) is 14.3 Å². The predicted octanol–water partition coefficient (Wildman–Crippen LogP) is -0.456. The molecule has 1 heterocycles. The Bertz CT molecular complexity index is 509. The molecular weight excluding hydrogens is 270 g/mol. The molecule has 0 aliphatic rings. The zero-order valence-corrected chi connectivity index (χ0v) is 12.0. The molecule has 0 bridgehead atoms. The highest BCUT2D eigenvalue weighted by molar-refractivity contribution is 7.89. The van der Waals surface area contributed by atoms with Gasteiger partial charge in [0.25, 0.3) is 0 Å². The van der Waals surface area contributed by atoms with Gasteiger partial charge in [0.1, 0.15) is 4.90 Å². The van der Waals surface area contributed by atoms with E-state index in [-0.39, 0.29) is 23.9 Å². The van der Waals surface area contributed by atoms with Crippen LogP contribution in [0.4, 0.5) is 5.95 Å². The van der Waals surface area contributed by atoms with Crippen molar-refractivity contribution >= 4 is 16.0 Å². The van der Waals surface area contributed by atoms with Gasteiger partial charge in [0.15, 0.2) is 0 Å². The summed E-state index contributed by atoms with van der Waals surface area (Å²) in [5, 5.41) is 9.75. The van der Waals surface area contributed by atoms with Crippen molar-refractivity contribution in [3.05, 3.63) is 12.4 Å². The van der Waals surface area contributed by atoms with Crippen LogP contribution < -0.4 is 11.3 Å². The monoisotopic (exact) mass is 289 g/mol. The van der Waals surface area contributed by atoms with E-state index in [1.54, 1.807) is 20.8 Å². The van der Waals surface area contributed by atoms with Gasteiger partial charge in [0, 0.05) is 13.1 Å². The van der Waals surface area contributed by atoms with Crippen LogP contribution in [0.3, 0.4) is 0 Å². The number of hydrazine groups is 1. The van der Waals surface area contributed by atoms with Gasteiger partial charge in [0.05, 0.1) is 18.0 Å². The van der Waals surface area contributed by atoms with E-state index in [1.165, 1.54) is 16.7 Å². The highest BCUT2D eigenvalue weighted by Gasteiger charge is 2.28. The molecule has 0 atom stereocenters. The van der Waals surface area contributed by atoms with Crippen molar-refractivity contribution in [3.8, 4) is 0 Å². The number of likely N-dealkylation sites (N-methyl/N-ethyl adjacent to an activating group) is 1. The number of aliphatic hydroxyl groups is 1. The van der Waals surface area contributed by atoms with E-state index in [0.717, 1.165) is 0 Å². The van der Waals surface area contributed by atoms with Gasteiger partial charge in [-0.05, 0) is 13.8 Å². The van der Waals surface area contributed by atoms with Crippen LogP contribution in [-0.2, 0) is 10.0 Å². The fourth-order valence-electron chi connectivity index (χ4n) is 1.47. The van der Waals surface area contributed by atoms with Crippen molar-refractivity contribution in [2.24, 2.45) is 5.84 Å². The number of nitrogen functional groups attached to an aromatic ring is 1. The molecule has 0 aliphatic heterocycles. The molecule has 9 heteroatoms. The van der Waals surface area contributed by atoms with E-state index in [4.69, 9.17) is 5.84 Å². The van der Waals surface area contributed by atoms with E-state index in [0.29, 0.717) is 0 Å². The third-order valence-corrected chi connectivity index (χ3v) is 4.18. The van der Waals surface area contributed by atoms with E-state index in [1.807, 2.05) is 0 Å². The van der Waals surface area contributed by atoms with E-state index < -0.39 is 15.6 Å². The summed E-state index contributed by atoms with van der Waals surface area (Å²) in [7, 11) is -3.73. The Hall–Kier alpha value is -1.29. The van der Waals surface area contributed by atoms with Crippen molar-refractivity contribution in [2.45, 2.75) is 31.3 Å². The highest BCUT2D eigenvalue weighted by atomic mass is 32.2. The number of rotatable bonds is 6. The first-order valence-electron chi connectivity index (χ1n) is 5.72. The SMILES string of the molecule is CCN(CC(C)(C)O)S(=O)(=O)c1cnc(NN)nc1. The summed E-state index contributed by atoms with van der Waals surface area (Å²) < 4.78 is 25.8. The number of nitrogens with one attached hydrogen (secondary N) is 1. The number of hydrogen-bond acceptors (Lipinski definition) is 7. The van der Waals surface area contributed by atoms with Gasteiger partial charge >= 0.3 is 0 Å². The van der Waals surface area contributed by atoms with Crippen LogP contribution in [0.15, 0.2) is 17.3 Å². The second kappa shape index (κ2) is 5.78. The van der Waals surface area contributed by atoms with Gasteiger partial charge in [-0.25, -0.2) is 24.2 Å². The lowest BCUT2D eigenvalue weighted by atomic mass is 10.1. The Kier molecular flexibility index (Phi) is 4.80. The fraction of sp³-hybridized carbons (Fsp3) is 0.600. The summed E-state index contributed by atoms with van der Waals surface area (Å²) in [4.78, 5) is 7.48. The molecule has 108 valence electrons. The van der Waals surface area contributed by atoms with Crippen molar-refractivity contribution in [2.75, 3.05) is 18.5 Å². The topological polar surface area (TPSA) is 121 Å². The van der Waals surface area contributed by atoms with Crippen LogP contribution >= 0.6 is 0 Å². The second-order valence-corrected chi connectivity index (χ2v) is 6.57. The molecular formula is C10H19N5O3S. The first-order valence-corrected chi connectivity index (χ1v) is 7.16. The summed E-state index contributed by atoms with van der Waals surface area (Å²) >= 11 is 0. The number of hydrogen-bond donors (Lipinski definition) is 3. The molecule has 0 aliphatic carbocycles. The number of sulfonamides is 1. The van der Waals surface area contributed by atoms with Gasteiger partial charge in [-0.3, -0.25) is 5.43 Å². The Labute approximate surface area is 112 Å². The molecule has 4 N–H and O–H groups in total. The molecule has 0 radical (unpaired) electrons. The normalized spacial score (nSPS) is 12.7. The van der Waals surface area contributed by atoms with Gasteiger partial charge < -0.3 is 5.11 Å². The summed E-state index contributed by atoms with van der Waals surface area (Å²) in [6.07, 6.45) is 2.34. The van der Waals surface area contributed by atoms with Crippen LogP contribution in [0.25, 0.3) is 0 Å². The summed E-state index contributed by atoms with van der Waals surface area (Å²) in [6.45, 7) is 5.01. The zero-order chi connectivity index (χ0) is 14.7. The molecule has 0 spiro atoms. The number of anilines is 1. The molecule has 0 aromatic carbocycles. The smallest absolute Gasteiger partial charge is 0.246 e.